The maximum absolute atomic E-state index is 13.6. The van der Waals surface area contributed by atoms with E-state index in [0.29, 0.717) is 17.7 Å². The standard InChI is InChI=1S/C32H41N3O8S/c1-4-21(2)19-35(44(42,43)26-13-14-28(37)29(38)17-26)20-31(40)27(15-23-9-6-5-7-10-23)34-32(41)30(39)18-33-25-12-8-11-24(16-25)22(3)36/h5-14,16-17,21,27,30-31,33,37-40H,4,15,18-20H2,1-3H3,(H,34,41)/t21-,27-,30-,31+/m0/s1. The number of phenols is 2. The van der Waals surface area contributed by atoms with Gasteiger partial charge in [-0.25, -0.2) is 8.42 Å². The van der Waals surface area contributed by atoms with Gasteiger partial charge in [-0.15, -0.1) is 0 Å². The summed E-state index contributed by atoms with van der Waals surface area (Å²) < 4.78 is 28.4. The summed E-state index contributed by atoms with van der Waals surface area (Å²) in [6.07, 6.45) is -2.12. The monoisotopic (exact) mass is 627 g/mol. The summed E-state index contributed by atoms with van der Waals surface area (Å²) >= 11 is 0. The van der Waals surface area contributed by atoms with E-state index in [4.69, 9.17) is 0 Å². The van der Waals surface area contributed by atoms with E-state index in [-0.39, 0.29) is 36.1 Å². The number of phenolic OH excluding ortho intramolecular Hbond substituents is 2. The number of hydrogen-bond donors (Lipinski definition) is 6. The molecule has 0 fully saturated rings. The summed E-state index contributed by atoms with van der Waals surface area (Å²) in [5.41, 5.74) is 1.78. The number of aliphatic hydroxyl groups excluding tert-OH is 2. The molecular formula is C32H41N3O8S. The second-order valence-electron chi connectivity index (χ2n) is 10.9. The van der Waals surface area contributed by atoms with Crippen LogP contribution in [-0.2, 0) is 21.2 Å². The van der Waals surface area contributed by atoms with Crippen molar-refractivity contribution in [2.75, 3.05) is 25.0 Å². The number of nitrogens with zero attached hydrogens (tertiary/aromatic N) is 1. The SMILES string of the molecule is CC[C@H](C)CN(C[C@@H](O)[C@H](Cc1ccccc1)NC(=O)[C@@H](O)CNc1cccc(C(C)=O)c1)S(=O)(=O)c1ccc(O)c(O)c1. The summed E-state index contributed by atoms with van der Waals surface area (Å²) in [4.78, 5) is 24.5. The van der Waals surface area contributed by atoms with E-state index in [1.165, 1.54) is 13.0 Å². The Kier molecular flexibility index (Phi) is 12.3. The summed E-state index contributed by atoms with van der Waals surface area (Å²) in [6, 6.07) is 17.9. The van der Waals surface area contributed by atoms with Gasteiger partial charge in [-0.1, -0.05) is 62.7 Å². The second-order valence-corrected chi connectivity index (χ2v) is 12.8. The fraction of sp³-hybridized carbons (Fsp3) is 0.375. The van der Waals surface area contributed by atoms with E-state index >= 15 is 0 Å². The van der Waals surface area contributed by atoms with Crippen LogP contribution in [0.3, 0.4) is 0 Å². The maximum atomic E-state index is 13.6. The van der Waals surface area contributed by atoms with Gasteiger partial charge in [0.15, 0.2) is 17.3 Å². The lowest BCUT2D eigenvalue weighted by Crippen LogP contribution is -2.53. The minimum absolute atomic E-state index is 0.0510. The number of carbonyl (C=O) groups excluding carboxylic acids is 2. The molecule has 4 atom stereocenters. The van der Waals surface area contributed by atoms with E-state index in [9.17, 15) is 38.4 Å². The number of hydrogen-bond acceptors (Lipinski definition) is 9. The molecule has 3 aromatic carbocycles. The molecule has 12 heteroatoms. The third-order valence-corrected chi connectivity index (χ3v) is 9.18. The van der Waals surface area contributed by atoms with Crippen molar-refractivity contribution >= 4 is 27.4 Å². The van der Waals surface area contributed by atoms with Crippen LogP contribution in [0.1, 0.15) is 43.1 Å². The number of aliphatic hydroxyl groups is 2. The van der Waals surface area contributed by atoms with Gasteiger partial charge in [0.25, 0.3) is 5.91 Å². The maximum Gasteiger partial charge on any atom is 0.251 e. The summed E-state index contributed by atoms with van der Waals surface area (Å²) in [7, 11) is -4.23. The van der Waals surface area contributed by atoms with Crippen LogP contribution >= 0.6 is 0 Å². The first-order chi connectivity index (χ1) is 20.8. The lowest BCUT2D eigenvalue weighted by atomic mass is 10.0. The third kappa shape index (κ3) is 9.52. The van der Waals surface area contributed by atoms with Gasteiger partial charge >= 0.3 is 0 Å². The summed E-state index contributed by atoms with van der Waals surface area (Å²) in [5, 5.41) is 47.3. The van der Waals surface area contributed by atoms with Crippen molar-refractivity contribution in [3.8, 4) is 11.5 Å². The van der Waals surface area contributed by atoms with Gasteiger partial charge in [0.1, 0.15) is 6.10 Å². The molecule has 0 heterocycles. The van der Waals surface area contributed by atoms with E-state index in [2.05, 4.69) is 10.6 Å². The van der Waals surface area contributed by atoms with Crippen molar-refractivity contribution in [2.24, 2.45) is 5.92 Å². The molecule has 0 bridgehead atoms. The molecule has 0 aliphatic carbocycles. The smallest absolute Gasteiger partial charge is 0.251 e. The molecule has 11 nitrogen and oxygen atoms in total. The number of amides is 1. The Morgan fingerprint density at radius 2 is 1.61 bits per heavy atom. The van der Waals surface area contributed by atoms with Crippen LogP contribution in [0, 0.1) is 5.92 Å². The van der Waals surface area contributed by atoms with Crippen molar-refractivity contribution in [3.63, 3.8) is 0 Å². The van der Waals surface area contributed by atoms with Gasteiger partial charge in [-0.3, -0.25) is 9.59 Å². The molecule has 0 spiro atoms. The first kappa shape index (κ1) is 34.5. The molecule has 0 unspecified atom stereocenters. The number of rotatable bonds is 16. The van der Waals surface area contributed by atoms with E-state index in [1.54, 1.807) is 48.5 Å². The molecule has 1 amide bonds. The van der Waals surface area contributed by atoms with Crippen LogP contribution in [0.15, 0.2) is 77.7 Å². The highest BCUT2D eigenvalue weighted by Crippen LogP contribution is 2.29. The number of ketones is 1. The van der Waals surface area contributed by atoms with Crippen LogP contribution < -0.4 is 10.6 Å². The summed E-state index contributed by atoms with van der Waals surface area (Å²) in [5.74, 6) is -2.06. The largest absolute Gasteiger partial charge is 0.504 e. The first-order valence-corrected chi connectivity index (χ1v) is 15.8. The lowest BCUT2D eigenvalue weighted by Gasteiger charge is -2.31. The van der Waals surface area contributed by atoms with Crippen molar-refractivity contribution in [2.45, 2.75) is 56.8 Å². The van der Waals surface area contributed by atoms with Crippen molar-refractivity contribution < 1.29 is 38.4 Å². The van der Waals surface area contributed by atoms with Crippen LogP contribution in [0.2, 0.25) is 0 Å². The average Bonchev–Trinajstić information content (AvgIpc) is 3.00. The molecule has 0 saturated carbocycles. The number of aromatic hydroxyl groups is 2. The molecule has 0 radical (unpaired) electrons. The molecular weight excluding hydrogens is 586 g/mol. The minimum atomic E-state index is -4.23. The number of Topliss-reactive ketones (excluding diaryl/α,β-unsaturated/α-hetero) is 1. The fourth-order valence-corrected chi connectivity index (χ4v) is 6.08. The second kappa shape index (κ2) is 15.7. The van der Waals surface area contributed by atoms with Gasteiger partial charge in [-0.05, 0) is 49.1 Å². The molecule has 0 saturated heterocycles. The average molecular weight is 628 g/mol. The van der Waals surface area contributed by atoms with Gasteiger partial charge in [0.05, 0.1) is 17.0 Å². The Morgan fingerprint density at radius 3 is 2.25 bits per heavy atom. The summed E-state index contributed by atoms with van der Waals surface area (Å²) in [6.45, 7) is 4.68. The number of nitrogens with one attached hydrogen (secondary N) is 2. The molecule has 238 valence electrons. The van der Waals surface area contributed by atoms with Gasteiger partial charge in [0.2, 0.25) is 10.0 Å². The topological polar surface area (TPSA) is 176 Å². The predicted octanol–water partition coefficient (Wildman–Crippen LogP) is 2.90. The zero-order chi connectivity index (χ0) is 32.4. The molecule has 0 aliphatic heterocycles. The molecule has 0 aromatic heterocycles. The molecule has 0 aliphatic rings. The van der Waals surface area contributed by atoms with Crippen molar-refractivity contribution in [1.29, 1.82) is 0 Å². The van der Waals surface area contributed by atoms with Crippen LogP contribution in [0.5, 0.6) is 11.5 Å². The first-order valence-electron chi connectivity index (χ1n) is 14.4. The van der Waals surface area contributed by atoms with Crippen LogP contribution in [0.4, 0.5) is 5.69 Å². The number of sulfonamides is 1. The number of benzene rings is 3. The quantitative estimate of drug-likeness (QED) is 0.103. The van der Waals surface area contributed by atoms with Crippen LogP contribution in [0.25, 0.3) is 0 Å². The van der Waals surface area contributed by atoms with Gasteiger partial charge in [-0.2, -0.15) is 4.31 Å². The lowest BCUT2D eigenvalue weighted by molar-refractivity contribution is -0.130. The third-order valence-electron chi connectivity index (χ3n) is 7.35. The molecule has 44 heavy (non-hydrogen) atoms. The highest BCUT2D eigenvalue weighted by Gasteiger charge is 2.33. The van der Waals surface area contributed by atoms with Crippen LogP contribution in [-0.4, -0.2) is 82.7 Å². The Hall–Kier alpha value is -3.97. The number of anilines is 1. The normalized spacial score (nSPS) is 14.4. The molecule has 3 aromatic rings. The molecule has 3 rings (SSSR count). The van der Waals surface area contributed by atoms with Gasteiger partial charge < -0.3 is 31.1 Å². The van der Waals surface area contributed by atoms with E-state index in [0.717, 1.165) is 22.0 Å². The fourth-order valence-electron chi connectivity index (χ4n) is 4.48. The predicted molar refractivity (Wildman–Crippen MR) is 167 cm³/mol. The Morgan fingerprint density at radius 1 is 0.909 bits per heavy atom. The Bertz CT molecular complexity index is 1520. The zero-order valence-electron chi connectivity index (χ0n) is 25.1. The van der Waals surface area contributed by atoms with E-state index in [1.807, 2.05) is 19.9 Å². The zero-order valence-corrected chi connectivity index (χ0v) is 25.9. The molecule has 6 N–H and O–H groups in total. The van der Waals surface area contributed by atoms with E-state index < -0.39 is 52.2 Å². The van der Waals surface area contributed by atoms with Crippen molar-refractivity contribution in [3.05, 3.63) is 83.9 Å². The Labute approximate surface area is 258 Å². The minimum Gasteiger partial charge on any atom is -0.504 e. The highest BCUT2D eigenvalue weighted by molar-refractivity contribution is 7.89. The highest BCUT2D eigenvalue weighted by atomic mass is 32.2. The Balaban J connectivity index is 1.82. The van der Waals surface area contributed by atoms with Gasteiger partial charge in [0, 0.05) is 37.0 Å². The van der Waals surface area contributed by atoms with Crippen molar-refractivity contribution in [1.82, 2.24) is 9.62 Å². The number of carbonyl (C=O) groups is 2.